The van der Waals surface area contributed by atoms with E-state index in [9.17, 15) is 13.2 Å². The van der Waals surface area contributed by atoms with Gasteiger partial charge in [-0.2, -0.15) is 4.31 Å². The van der Waals surface area contributed by atoms with E-state index in [1.165, 1.54) is 23.5 Å². The molecule has 1 aliphatic heterocycles. The summed E-state index contributed by atoms with van der Waals surface area (Å²) in [5.41, 5.74) is 2.46. The average molecular weight is 444 g/mol. The maximum atomic E-state index is 12.9. The SMILES string of the molecule is CCc1cccc2sc(NC(=O)c3ccc(S(=O)(=O)N4CCCC[C@@H]4C)cc3)nc12. The molecule has 158 valence electrons. The zero-order valence-corrected chi connectivity index (χ0v) is 18.7. The van der Waals surface area contributed by atoms with Gasteiger partial charge in [-0.05, 0) is 62.1 Å². The minimum Gasteiger partial charge on any atom is -0.298 e. The maximum Gasteiger partial charge on any atom is 0.257 e. The molecule has 1 atom stereocenters. The van der Waals surface area contributed by atoms with Gasteiger partial charge in [0, 0.05) is 18.2 Å². The van der Waals surface area contributed by atoms with Gasteiger partial charge in [-0.25, -0.2) is 13.4 Å². The van der Waals surface area contributed by atoms with Gasteiger partial charge >= 0.3 is 0 Å². The van der Waals surface area contributed by atoms with Crippen LogP contribution in [0, 0.1) is 0 Å². The molecular formula is C22H25N3O3S2. The molecule has 1 saturated heterocycles. The molecule has 1 aliphatic rings. The number of aromatic nitrogens is 1. The minimum absolute atomic E-state index is 0.00114. The molecular weight excluding hydrogens is 418 g/mol. The third-order valence-corrected chi connectivity index (χ3v) is 8.53. The van der Waals surface area contributed by atoms with Gasteiger partial charge in [-0.15, -0.1) is 0 Å². The number of thiazole rings is 1. The van der Waals surface area contributed by atoms with Crippen molar-refractivity contribution in [2.24, 2.45) is 0 Å². The van der Waals surface area contributed by atoms with Crippen LogP contribution in [0.2, 0.25) is 0 Å². The summed E-state index contributed by atoms with van der Waals surface area (Å²) >= 11 is 1.43. The van der Waals surface area contributed by atoms with Gasteiger partial charge in [0.2, 0.25) is 10.0 Å². The first kappa shape index (κ1) is 21.0. The van der Waals surface area contributed by atoms with Crippen molar-refractivity contribution in [1.82, 2.24) is 9.29 Å². The lowest BCUT2D eigenvalue weighted by atomic mass is 10.1. The molecule has 3 aromatic rings. The number of hydrogen-bond donors (Lipinski definition) is 1. The van der Waals surface area contributed by atoms with Crippen LogP contribution in [0.1, 0.15) is 49.0 Å². The summed E-state index contributed by atoms with van der Waals surface area (Å²) in [4.78, 5) is 17.4. The van der Waals surface area contributed by atoms with Gasteiger partial charge < -0.3 is 0 Å². The normalized spacial score (nSPS) is 17.9. The van der Waals surface area contributed by atoms with Crippen LogP contribution in [0.25, 0.3) is 10.2 Å². The molecule has 6 nitrogen and oxygen atoms in total. The maximum absolute atomic E-state index is 12.9. The van der Waals surface area contributed by atoms with Crippen molar-refractivity contribution < 1.29 is 13.2 Å². The Hall–Kier alpha value is -2.29. The fourth-order valence-electron chi connectivity index (χ4n) is 3.86. The smallest absolute Gasteiger partial charge is 0.257 e. The van der Waals surface area contributed by atoms with E-state index in [-0.39, 0.29) is 16.8 Å². The molecule has 0 spiro atoms. The number of nitrogens with one attached hydrogen (secondary N) is 1. The Morgan fingerprint density at radius 1 is 1.20 bits per heavy atom. The number of benzene rings is 2. The summed E-state index contributed by atoms with van der Waals surface area (Å²) in [6.45, 7) is 4.57. The highest BCUT2D eigenvalue weighted by Gasteiger charge is 2.30. The first-order chi connectivity index (χ1) is 14.4. The predicted octanol–water partition coefficient (Wildman–Crippen LogP) is 4.67. The molecule has 1 N–H and O–H groups in total. The zero-order chi connectivity index (χ0) is 21.3. The van der Waals surface area contributed by atoms with Gasteiger partial charge in [0.15, 0.2) is 5.13 Å². The van der Waals surface area contributed by atoms with E-state index < -0.39 is 10.0 Å². The lowest BCUT2D eigenvalue weighted by molar-refractivity contribution is 0.102. The third-order valence-electron chi connectivity index (χ3n) is 5.57. The summed E-state index contributed by atoms with van der Waals surface area (Å²) in [6.07, 6.45) is 3.69. The Morgan fingerprint density at radius 3 is 2.67 bits per heavy atom. The van der Waals surface area contributed by atoms with Crippen molar-refractivity contribution in [2.45, 2.75) is 50.5 Å². The predicted molar refractivity (Wildman–Crippen MR) is 121 cm³/mol. The molecule has 30 heavy (non-hydrogen) atoms. The highest BCUT2D eigenvalue weighted by Crippen LogP contribution is 2.29. The number of aryl methyl sites for hydroxylation is 1. The number of rotatable bonds is 5. The summed E-state index contributed by atoms with van der Waals surface area (Å²) in [5.74, 6) is -0.303. The summed E-state index contributed by atoms with van der Waals surface area (Å²) in [6, 6.07) is 12.2. The first-order valence-electron chi connectivity index (χ1n) is 10.2. The van der Waals surface area contributed by atoms with Crippen molar-refractivity contribution in [3.63, 3.8) is 0 Å². The summed E-state index contributed by atoms with van der Waals surface area (Å²) in [5, 5.41) is 3.37. The van der Waals surface area contributed by atoms with E-state index in [2.05, 4.69) is 17.2 Å². The van der Waals surface area contributed by atoms with E-state index in [0.717, 1.165) is 41.5 Å². The lowest BCUT2D eigenvalue weighted by Crippen LogP contribution is -2.41. The zero-order valence-electron chi connectivity index (χ0n) is 17.1. The van der Waals surface area contributed by atoms with E-state index in [4.69, 9.17) is 0 Å². The molecule has 0 unspecified atom stereocenters. The monoisotopic (exact) mass is 443 g/mol. The molecule has 2 aromatic carbocycles. The van der Waals surface area contributed by atoms with Crippen LogP contribution in [0.4, 0.5) is 5.13 Å². The van der Waals surface area contributed by atoms with Crippen LogP contribution in [-0.2, 0) is 16.4 Å². The molecule has 0 saturated carbocycles. The quantitative estimate of drug-likeness (QED) is 0.621. The number of piperidine rings is 1. The second-order valence-corrected chi connectivity index (χ2v) is 10.5. The van der Waals surface area contributed by atoms with Crippen molar-refractivity contribution in [3.05, 3.63) is 53.6 Å². The van der Waals surface area contributed by atoms with E-state index >= 15 is 0 Å². The van der Waals surface area contributed by atoms with Crippen molar-refractivity contribution in [1.29, 1.82) is 0 Å². The minimum atomic E-state index is -3.55. The number of anilines is 1. The van der Waals surface area contributed by atoms with Crippen LogP contribution in [0.3, 0.4) is 0 Å². The van der Waals surface area contributed by atoms with Crippen molar-refractivity contribution in [2.75, 3.05) is 11.9 Å². The number of carbonyl (C=O) groups excluding carboxylic acids is 1. The average Bonchev–Trinajstić information content (AvgIpc) is 3.16. The second kappa shape index (κ2) is 8.45. The van der Waals surface area contributed by atoms with Crippen molar-refractivity contribution >= 4 is 42.6 Å². The Bertz CT molecular complexity index is 1170. The van der Waals surface area contributed by atoms with Crippen molar-refractivity contribution in [3.8, 4) is 0 Å². The highest BCUT2D eigenvalue weighted by molar-refractivity contribution is 7.89. The molecule has 0 bridgehead atoms. The fourth-order valence-corrected chi connectivity index (χ4v) is 6.46. The van der Waals surface area contributed by atoms with Gasteiger partial charge in [0.1, 0.15) is 0 Å². The van der Waals surface area contributed by atoms with E-state index in [1.54, 1.807) is 16.4 Å². The standard InChI is InChI=1S/C22H25N3O3S2/c1-3-16-8-6-9-19-20(16)23-22(29-19)24-21(26)17-10-12-18(13-11-17)30(27,28)25-14-5-4-7-15(25)2/h6,8-13,15H,3-5,7,14H2,1-2H3,(H,23,24,26)/t15-/m0/s1. The number of hydrogen-bond acceptors (Lipinski definition) is 5. The fraction of sp³-hybridized carbons (Fsp3) is 0.364. The molecule has 1 aromatic heterocycles. The Kier molecular flexibility index (Phi) is 5.90. The molecule has 4 rings (SSSR count). The highest BCUT2D eigenvalue weighted by atomic mass is 32.2. The second-order valence-electron chi connectivity index (χ2n) is 7.58. The van der Waals surface area contributed by atoms with Gasteiger partial charge in [0.25, 0.3) is 5.91 Å². The molecule has 0 radical (unpaired) electrons. The number of amides is 1. The Balaban J connectivity index is 1.52. The number of fused-ring (bicyclic) bond motifs is 1. The van der Waals surface area contributed by atoms with Gasteiger partial charge in [0.05, 0.1) is 15.1 Å². The molecule has 2 heterocycles. The number of carbonyl (C=O) groups is 1. The van der Waals surface area contributed by atoms with E-state index in [1.807, 2.05) is 25.1 Å². The van der Waals surface area contributed by atoms with Crippen LogP contribution < -0.4 is 5.32 Å². The van der Waals surface area contributed by atoms with E-state index in [0.29, 0.717) is 17.2 Å². The Morgan fingerprint density at radius 2 is 1.97 bits per heavy atom. The van der Waals surface area contributed by atoms with Crippen LogP contribution in [0.5, 0.6) is 0 Å². The molecule has 1 fully saturated rings. The topological polar surface area (TPSA) is 79.4 Å². The first-order valence-corrected chi connectivity index (χ1v) is 12.5. The summed E-state index contributed by atoms with van der Waals surface area (Å²) in [7, 11) is -3.55. The number of para-hydroxylation sites is 1. The third kappa shape index (κ3) is 3.99. The lowest BCUT2D eigenvalue weighted by Gasteiger charge is -2.32. The Labute approximate surface area is 181 Å². The number of sulfonamides is 1. The van der Waals surface area contributed by atoms with Crippen LogP contribution in [-0.4, -0.2) is 36.2 Å². The van der Waals surface area contributed by atoms with Crippen LogP contribution in [0.15, 0.2) is 47.4 Å². The van der Waals surface area contributed by atoms with Crippen LogP contribution >= 0.6 is 11.3 Å². The summed E-state index contributed by atoms with van der Waals surface area (Å²) < 4.78 is 28.5. The van der Waals surface area contributed by atoms with Gasteiger partial charge in [-0.1, -0.05) is 36.8 Å². The molecule has 1 amide bonds. The molecule has 0 aliphatic carbocycles. The number of nitrogens with zero attached hydrogens (tertiary/aromatic N) is 2. The molecule has 8 heteroatoms. The largest absolute Gasteiger partial charge is 0.298 e. The van der Waals surface area contributed by atoms with Gasteiger partial charge in [-0.3, -0.25) is 10.1 Å².